The summed E-state index contributed by atoms with van der Waals surface area (Å²) in [5.41, 5.74) is 6.69. The second kappa shape index (κ2) is 19.4. The van der Waals surface area contributed by atoms with E-state index in [0.717, 1.165) is 110 Å². The molecule has 0 bridgehead atoms. The lowest BCUT2D eigenvalue weighted by molar-refractivity contribution is 0.156. The van der Waals surface area contributed by atoms with E-state index in [1.165, 1.54) is 29.5 Å². The molecule has 10 nitrogen and oxygen atoms in total. The maximum Gasteiger partial charge on any atom is 0.242 e. The Bertz CT molecular complexity index is 2280. The summed E-state index contributed by atoms with van der Waals surface area (Å²) in [5.74, 6) is 0. The summed E-state index contributed by atoms with van der Waals surface area (Å²) >= 11 is 3.42. The number of benzene rings is 4. The first-order chi connectivity index (χ1) is 28.7. The first-order valence-electron chi connectivity index (χ1n) is 20.6. The molecule has 0 atom stereocenters. The topological polar surface area (TPSA) is 87.7 Å². The SMILES string of the molecule is CN1CCN(CC/C=C2/c3ccccc3Sc3ccc(S(=O)(=O)N(C)C)cc32)CC1.CN1CCN(CC/C=C2/c3ccccc3Sc3ccc(S(=O)(=O)N(C)C)cc32)CC1. The van der Waals surface area contributed by atoms with Gasteiger partial charge >= 0.3 is 0 Å². The van der Waals surface area contributed by atoms with Crippen molar-refractivity contribution in [2.24, 2.45) is 0 Å². The zero-order chi connectivity index (χ0) is 42.6. The molecule has 2 saturated heterocycles. The molecule has 0 radical (unpaired) electrons. The van der Waals surface area contributed by atoms with Crippen molar-refractivity contribution in [1.29, 1.82) is 0 Å². The highest BCUT2D eigenvalue weighted by Crippen LogP contribution is 2.47. The first-order valence-corrected chi connectivity index (χ1v) is 25.1. The van der Waals surface area contributed by atoms with E-state index in [-0.39, 0.29) is 0 Å². The van der Waals surface area contributed by atoms with Crippen LogP contribution in [0.15, 0.2) is 126 Å². The molecule has 2 fully saturated rings. The molecule has 8 rings (SSSR count). The molecule has 4 aromatic rings. The lowest BCUT2D eigenvalue weighted by Gasteiger charge is -2.32. The fourth-order valence-corrected chi connectivity index (χ4v) is 11.8. The van der Waals surface area contributed by atoms with Gasteiger partial charge < -0.3 is 19.6 Å². The standard InChI is InChI=1S/2C23H29N3O2S2/c2*1-24(2)30(27,28)18-10-11-23-21(17-18)19(20-7-4-5-9-22(20)29-23)8-6-12-26-15-13-25(3)14-16-26/h2*4-5,7-11,17H,6,12-16H2,1-3H3/b2*19-8-. The second-order valence-corrected chi connectivity index (χ2v) is 22.7. The Balaban J connectivity index is 0.000000181. The fourth-order valence-electron chi connectivity index (χ4n) is 7.81. The zero-order valence-electron chi connectivity index (χ0n) is 35.7. The number of hydrogen-bond acceptors (Lipinski definition) is 10. The van der Waals surface area contributed by atoms with Crippen LogP contribution in [-0.2, 0) is 20.0 Å². The van der Waals surface area contributed by atoms with Crippen molar-refractivity contribution in [3.8, 4) is 0 Å². The van der Waals surface area contributed by atoms with Crippen LogP contribution in [0.5, 0.6) is 0 Å². The highest BCUT2D eigenvalue weighted by Gasteiger charge is 2.27. The summed E-state index contributed by atoms with van der Waals surface area (Å²) < 4.78 is 53.4. The van der Waals surface area contributed by atoms with Gasteiger partial charge in [0.05, 0.1) is 9.79 Å². The summed E-state index contributed by atoms with van der Waals surface area (Å²) in [5, 5.41) is 0. The lowest BCUT2D eigenvalue weighted by atomic mass is 9.96. The van der Waals surface area contributed by atoms with Crippen LogP contribution in [0.1, 0.15) is 35.1 Å². The van der Waals surface area contributed by atoms with E-state index in [9.17, 15) is 16.8 Å². The van der Waals surface area contributed by atoms with E-state index in [2.05, 4.69) is 94.4 Å². The van der Waals surface area contributed by atoms with Crippen molar-refractivity contribution in [3.05, 3.63) is 119 Å². The lowest BCUT2D eigenvalue weighted by Crippen LogP contribution is -2.44. The van der Waals surface area contributed by atoms with E-state index < -0.39 is 20.0 Å². The number of nitrogens with zero attached hydrogens (tertiary/aromatic N) is 6. The molecule has 4 aromatic carbocycles. The van der Waals surface area contributed by atoms with Gasteiger partial charge in [-0.3, -0.25) is 0 Å². The molecule has 4 heterocycles. The van der Waals surface area contributed by atoms with Gasteiger partial charge in [0.1, 0.15) is 0 Å². The van der Waals surface area contributed by atoms with Crippen LogP contribution >= 0.6 is 23.5 Å². The van der Waals surface area contributed by atoms with Gasteiger partial charge in [-0.1, -0.05) is 72.1 Å². The van der Waals surface area contributed by atoms with E-state index in [0.29, 0.717) is 9.79 Å². The third kappa shape index (κ3) is 10.2. The number of hydrogen-bond donors (Lipinski definition) is 0. The Morgan fingerprint density at radius 3 is 1.22 bits per heavy atom. The predicted octanol–water partition coefficient (Wildman–Crippen LogP) is 6.94. The smallest absolute Gasteiger partial charge is 0.242 e. The number of sulfonamides is 2. The third-order valence-corrected chi connectivity index (χ3v) is 17.5. The summed E-state index contributed by atoms with van der Waals surface area (Å²) in [6, 6.07) is 27.8. The minimum absolute atomic E-state index is 0.344. The Labute approximate surface area is 367 Å². The predicted molar refractivity (Wildman–Crippen MR) is 247 cm³/mol. The Morgan fingerprint density at radius 1 is 0.500 bits per heavy atom. The van der Waals surface area contributed by atoms with E-state index >= 15 is 0 Å². The quantitative estimate of drug-likeness (QED) is 0.144. The van der Waals surface area contributed by atoms with Crippen molar-refractivity contribution >= 4 is 54.7 Å². The molecule has 4 aliphatic rings. The van der Waals surface area contributed by atoms with Gasteiger partial charge in [0.2, 0.25) is 20.0 Å². The highest BCUT2D eigenvalue weighted by molar-refractivity contribution is 8.00. The van der Waals surface area contributed by atoms with E-state index in [4.69, 9.17) is 0 Å². The maximum atomic E-state index is 12.7. The molecule has 320 valence electrons. The van der Waals surface area contributed by atoms with Crippen molar-refractivity contribution in [2.75, 3.05) is 108 Å². The van der Waals surface area contributed by atoms with Crippen LogP contribution in [0.2, 0.25) is 0 Å². The van der Waals surface area contributed by atoms with Gasteiger partial charge in [0.25, 0.3) is 0 Å². The van der Waals surface area contributed by atoms with Gasteiger partial charge in [-0.2, -0.15) is 0 Å². The monoisotopic (exact) mass is 886 g/mol. The van der Waals surface area contributed by atoms with Crippen LogP contribution in [0.25, 0.3) is 11.1 Å². The number of piperazine rings is 2. The molecule has 0 N–H and O–H groups in total. The largest absolute Gasteiger partial charge is 0.304 e. The van der Waals surface area contributed by atoms with Crippen molar-refractivity contribution in [3.63, 3.8) is 0 Å². The zero-order valence-corrected chi connectivity index (χ0v) is 38.9. The van der Waals surface area contributed by atoms with Crippen molar-refractivity contribution in [1.82, 2.24) is 28.2 Å². The minimum atomic E-state index is -3.47. The molecular formula is C46H58N6O4S4. The maximum absolute atomic E-state index is 12.7. The summed E-state index contributed by atoms with van der Waals surface area (Å²) in [6.45, 7) is 10.9. The molecule has 0 amide bonds. The summed E-state index contributed by atoms with van der Waals surface area (Å²) in [4.78, 5) is 15.1. The van der Waals surface area contributed by atoms with Crippen LogP contribution in [-0.4, -0.2) is 153 Å². The van der Waals surface area contributed by atoms with E-state index in [1.807, 2.05) is 24.3 Å². The average molecular weight is 887 g/mol. The molecule has 0 unspecified atom stereocenters. The van der Waals surface area contributed by atoms with Crippen LogP contribution < -0.4 is 0 Å². The Kier molecular flexibility index (Phi) is 14.5. The molecule has 0 aromatic heterocycles. The molecule has 0 spiro atoms. The second-order valence-electron chi connectivity index (χ2n) is 16.2. The average Bonchev–Trinajstić information content (AvgIpc) is 3.24. The van der Waals surface area contributed by atoms with Gasteiger partial charge in [0.15, 0.2) is 0 Å². The molecule has 0 saturated carbocycles. The number of likely N-dealkylation sites (N-methyl/N-ethyl adjacent to an activating group) is 2. The molecular weight excluding hydrogens is 829 g/mol. The Hall–Kier alpha value is -3.28. The van der Waals surface area contributed by atoms with Gasteiger partial charge in [0, 0.05) is 113 Å². The van der Waals surface area contributed by atoms with Crippen molar-refractivity contribution in [2.45, 2.75) is 42.2 Å². The fraction of sp³-hybridized carbons (Fsp3) is 0.391. The molecule has 14 heteroatoms. The Morgan fingerprint density at radius 2 is 0.850 bits per heavy atom. The minimum Gasteiger partial charge on any atom is -0.304 e. The van der Waals surface area contributed by atoms with Gasteiger partial charge in [-0.05, 0) is 109 Å². The van der Waals surface area contributed by atoms with Gasteiger partial charge in [-0.15, -0.1) is 0 Å². The number of fused-ring (bicyclic) bond motifs is 4. The van der Waals surface area contributed by atoms with E-state index in [1.54, 1.807) is 63.8 Å². The first kappa shape index (κ1) is 44.8. The third-order valence-electron chi connectivity index (χ3n) is 11.6. The normalized spacial score (nSPS) is 19.1. The van der Waals surface area contributed by atoms with Crippen LogP contribution in [0.4, 0.5) is 0 Å². The summed E-state index contributed by atoms with van der Waals surface area (Å²) in [7, 11) is 3.71. The highest BCUT2D eigenvalue weighted by atomic mass is 32.2. The van der Waals surface area contributed by atoms with Crippen molar-refractivity contribution < 1.29 is 16.8 Å². The summed E-state index contributed by atoms with van der Waals surface area (Å²) in [6.07, 6.45) is 6.48. The molecule has 60 heavy (non-hydrogen) atoms. The van der Waals surface area contributed by atoms with Crippen LogP contribution in [0.3, 0.4) is 0 Å². The van der Waals surface area contributed by atoms with Gasteiger partial charge in [-0.25, -0.2) is 25.4 Å². The number of rotatable bonds is 10. The van der Waals surface area contributed by atoms with Crippen LogP contribution in [0, 0.1) is 0 Å². The molecule has 4 aliphatic heterocycles. The molecule has 0 aliphatic carbocycles.